The van der Waals surface area contributed by atoms with Gasteiger partial charge in [-0.1, -0.05) is 6.07 Å². The van der Waals surface area contributed by atoms with Gasteiger partial charge in [0.15, 0.2) is 5.65 Å². The van der Waals surface area contributed by atoms with Gasteiger partial charge in [-0.15, -0.1) is 10.2 Å². The van der Waals surface area contributed by atoms with E-state index in [1.54, 1.807) is 13.8 Å². The fraction of sp³-hybridized carbons (Fsp3) is 0.235. The first-order chi connectivity index (χ1) is 12.7. The minimum atomic E-state index is -4.19. The van der Waals surface area contributed by atoms with E-state index in [0.29, 0.717) is 17.0 Å². The van der Waals surface area contributed by atoms with Gasteiger partial charge in [-0.2, -0.15) is 0 Å². The van der Waals surface area contributed by atoms with E-state index in [0.717, 1.165) is 17.5 Å². The number of carbonyl (C=O) groups is 1. The van der Waals surface area contributed by atoms with E-state index >= 15 is 0 Å². The van der Waals surface area contributed by atoms with Gasteiger partial charge in [-0.25, -0.2) is 12.8 Å². The summed E-state index contributed by atoms with van der Waals surface area (Å²) < 4.78 is 47.3. The van der Waals surface area contributed by atoms with E-state index in [9.17, 15) is 17.6 Å². The fourth-order valence-electron chi connectivity index (χ4n) is 2.50. The number of aryl methyl sites for hydroxylation is 2. The van der Waals surface area contributed by atoms with E-state index < -0.39 is 28.4 Å². The van der Waals surface area contributed by atoms with Crippen LogP contribution in [0.2, 0.25) is 0 Å². The van der Waals surface area contributed by atoms with E-state index in [1.165, 1.54) is 34.9 Å². The third kappa shape index (κ3) is 3.47. The first-order valence-corrected chi connectivity index (χ1v) is 9.35. The molecule has 0 amide bonds. The van der Waals surface area contributed by atoms with Crippen molar-refractivity contribution < 1.29 is 22.3 Å². The topological polar surface area (TPSA) is 93.9 Å². The van der Waals surface area contributed by atoms with Crippen LogP contribution in [0.4, 0.5) is 10.1 Å². The Bertz CT molecular complexity index is 1130. The smallest absolute Gasteiger partial charge is 0.326 e. The number of benzene rings is 1. The predicted molar refractivity (Wildman–Crippen MR) is 95.4 cm³/mol. The molecule has 2 aromatic heterocycles. The molecule has 0 saturated carbocycles. The zero-order chi connectivity index (χ0) is 19.8. The van der Waals surface area contributed by atoms with Crippen molar-refractivity contribution in [2.24, 2.45) is 0 Å². The molecule has 0 aliphatic rings. The monoisotopic (exact) mass is 392 g/mol. The first-order valence-electron chi connectivity index (χ1n) is 7.91. The first kappa shape index (κ1) is 18.8. The second-order valence-electron chi connectivity index (χ2n) is 5.86. The number of carbonyl (C=O) groups excluding carboxylic acids is 1. The number of nitrogens with zero attached hydrogens (tertiary/aromatic N) is 4. The number of pyridine rings is 1. The minimum absolute atomic E-state index is 0.0177. The number of ether oxygens (including phenoxy) is 1. The van der Waals surface area contributed by atoms with Gasteiger partial charge in [0.2, 0.25) is 0 Å². The van der Waals surface area contributed by atoms with Gasteiger partial charge in [-0.05, 0) is 43.7 Å². The van der Waals surface area contributed by atoms with Crippen LogP contribution in [-0.4, -0.2) is 42.6 Å². The van der Waals surface area contributed by atoms with Gasteiger partial charge in [0.05, 0.1) is 12.8 Å². The van der Waals surface area contributed by atoms with Gasteiger partial charge >= 0.3 is 5.97 Å². The van der Waals surface area contributed by atoms with Crippen LogP contribution in [0.15, 0.2) is 41.4 Å². The van der Waals surface area contributed by atoms with Crippen LogP contribution in [0.5, 0.6) is 0 Å². The van der Waals surface area contributed by atoms with Crippen LogP contribution in [0.1, 0.15) is 11.4 Å². The molecule has 0 unspecified atom stereocenters. The molecule has 2 heterocycles. The molecule has 0 aliphatic heterocycles. The number of rotatable bonds is 5. The molecule has 0 saturated heterocycles. The fourth-order valence-corrected chi connectivity index (χ4v) is 3.90. The Hall–Kier alpha value is -3.01. The SMILES string of the molecule is COC(=O)CN(c1ccc(C)c(F)c1)S(=O)(=O)c1ccc2nnc(C)n2c1. The third-order valence-corrected chi connectivity index (χ3v) is 5.83. The molecule has 0 fully saturated rings. The molecular weight excluding hydrogens is 375 g/mol. The molecule has 142 valence electrons. The molecular formula is C17H17FN4O4S. The lowest BCUT2D eigenvalue weighted by Crippen LogP contribution is -2.36. The summed E-state index contributed by atoms with van der Waals surface area (Å²) in [6.07, 6.45) is 1.36. The van der Waals surface area contributed by atoms with Crippen molar-refractivity contribution in [3.63, 3.8) is 0 Å². The Labute approximate surface area is 155 Å². The summed E-state index contributed by atoms with van der Waals surface area (Å²) >= 11 is 0. The average Bonchev–Trinajstić information content (AvgIpc) is 3.02. The molecule has 10 heteroatoms. The van der Waals surface area contributed by atoms with Crippen LogP contribution in [0, 0.1) is 19.7 Å². The zero-order valence-corrected chi connectivity index (χ0v) is 15.7. The highest BCUT2D eigenvalue weighted by molar-refractivity contribution is 7.92. The Balaban J connectivity index is 2.14. The summed E-state index contributed by atoms with van der Waals surface area (Å²) in [7, 11) is -3.04. The minimum Gasteiger partial charge on any atom is -0.468 e. The summed E-state index contributed by atoms with van der Waals surface area (Å²) in [6.45, 7) is 2.64. The average molecular weight is 392 g/mol. The highest BCUT2D eigenvalue weighted by Crippen LogP contribution is 2.26. The molecule has 3 aromatic rings. The summed E-state index contributed by atoms with van der Waals surface area (Å²) in [5.74, 6) is -0.855. The largest absolute Gasteiger partial charge is 0.468 e. The number of esters is 1. The Kier molecular flexibility index (Phi) is 4.83. The van der Waals surface area contributed by atoms with Crippen LogP contribution in [-0.2, 0) is 19.6 Å². The van der Waals surface area contributed by atoms with Gasteiger partial charge in [0.25, 0.3) is 10.0 Å². The molecule has 8 nitrogen and oxygen atoms in total. The maximum absolute atomic E-state index is 14.0. The van der Waals surface area contributed by atoms with Crippen LogP contribution in [0.25, 0.3) is 5.65 Å². The second kappa shape index (κ2) is 6.95. The highest BCUT2D eigenvalue weighted by Gasteiger charge is 2.28. The van der Waals surface area contributed by atoms with E-state index in [-0.39, 0.29) is 10.6 Å². The predicted octanol–water partition coefficient (Wildman–Crippen LogP) is 1.85. The number of aromatic nitrogens is 3. The summed E-state index contributed by atoms with van der Waals surface area (Å²) in [5, 5.41) is 7.79. The quantitative estimate of drug-likeness (QED) is 0.615. The van der Waals surface area contributed by atoms with Crippen molar-refractivity contribution in [2.75, 3.05) is 18.0 Å². The normalized spacial score (nSPS) is 11.6. The number of sulfonamides is 1. The number of hydrogen-bond acceptors (Lipinski definition) is 6. The lowest BCUT2D eigenvalue weighted by atomic mass is 10.2. The van der Waals surface area contributed by atoms with Crippen molar-refractivity contribution in [3.8, 4) is 0 Å². The van der Waals surface area contributed by atoms with Gasteiger partial charge in [0.1, 0.15) is 23.1 Å². The maximum atomic E-state index is 14.0. The molecule has 27 heavy (non-hydrogen) atoms. The highest BCUT2D eigenvalue weighted by atomic mass is 32.2. The van der Waals surface area contributed by atoms with Crippen LogP contribution >= 0.6 is 0 Å². The van der Waals surface area contributed by atoms with E-state index in [1.807, 2.05) is 0 Å². The van der Waals surface area contributed by atoms with Crippen molar-refractivity contribution in [3.05, 3.63) is 53.7 Å². The molecule has 3 rings (SSSR count). The second-order valence-corrected chi connectivity index (χ2v) is 7.72. The van der Waals surface area contributed by atoms with Crippen LogP contribution in [0.3, 0.4) is 0 Å². The Morgan fingerprint density at radius 3 is 2.63 bits per heavy atom. The Morgan fingerprint density at radius 2 is 1.96 bits per heavy atom. The molecule has 0 bridgehead atoms. The molecule has 0 atom stereocenters. The van der Waals surface area contributed by atoms with Crippen LogP contribution < -0.4 is 4.31 Å². The van der Waals surface area contributed by atoms with Gasteiger partial charge < -0.3 is 4.74 Å². The lowest BCUT2D eigenvalue weighted by Gasteiger charge is -2.23. The third-order valence-electron chi connectivity index (χ3n) is 4.08. The summed E-state index contributed by atoms with van der Waals surface area (Å²) in [6, 6.07) is 6.80. The molecule has 1 aromatic carbocycles. The maximum Gasteiger partial charge on any atom is 0.326 e. The number of halogens is 1. The van der Waals surface area contributed by atoms with Crippen molar-refractivity contribution in [2.45, 2.75) is 18.7 Å². The number of fused-ring (bicyclic) bond motifs is 1. The van der Waals surface area contributed by atoms with Crippen molar-refractivity contribution >= 4 is 27.3 Å². The lowest BCUT2D eigenvalue weighted by molar-refractivity contribution is -0.138. The number of hydrogen-bond donors (Lipinski definition) is 0. The molecule has 0 radical (unpaired) electrons. The standard InChI is InChI=1S/C17H17FN4O4S/c1-11-4-5-13(8-15(11)18)22(10-17(23)26-3)27(24,25)14-6-7-16-20-19-12(2)21(16)9-14/h4-9H,10H2,1-3H3. The van der Waals surface area contributed by atoms with Crippen molar-refractivity contribution in [1.82, 2.24) is 14.6 Å². The number of methoxy groups -OCH3 is 1. The summed E-state index contributed by atoms with van der Waals surface area (Å²) in [5.41, 5.74) is 0.854. The van der Waals surface area contributed by atoms with E-state index in [2.05, 4.69) is 14.9 Å². The number of anilines is 1. The molecule has 0 spiro atoms. The zero-order valence-electron chi connectivity index (χ0n) is 14.9. The molecule has 0 aliphatic carbocycles. The summed E-state index contributed by atoms with van der Waals surface area (Å²) in [4.78, 5) is 11.7. The molecule has 0 N–H and O–H groups in total. The van der Waals surface area contributed by atoms with Crippen molar-refractivity contribution in [1.29, 1.82) is 0 Å². The van der Waals surface area contributed by atoms with E-state index in [4.69, 9.17) is 0 Å². The van der Waals surface area contributed by atoms with Gasteiger partial charge in [0, 0.05) is 6.20 Å². The Morgan fingerprint density at radius 1 is 1.22 bits per heavy atom. The van der Waals surface area contributed by atoms with Gasteiger partial charge in [-0.3, -0.25) is 13.5 Å².